The zero-order valence-electron chi connectivity index (χ0n) is 12.3. The van der Waals surface area contributed by atoms with Gasteiger partial charge in [0.25, 0.3) is 5.91 Å². The highest BCUT2D eigenvalue weighted by molar-refractivity contribution is 7.10. The lowest BCUT2D eigenvalue weighted by Gasteiger charge is -2.08. The molecule has 0 unspecified atom stereocenters. The second-order valence-electron chi connectivity index (χ2n) is 5.02. The standard InChI is InChI=1S/C17H16N2O3S/c20-14(16-7-4-10-23-16)8-9-18-17(21)13-11-15(22-19-13)12-5-2-1-3-6-12/h1-7,10-11,14,20H,8-9H2,(H,18,21)/t14-/m0/s1. The first-order valence-electron chi connectivity index (χ1n) is 7.26. The lowest BCUT2D eigenvalue weighted by molar-refractivity contribution is 0.0934. The summed E-state index contributed by atoms with van der Waals surface area (Å²) in [5, 5.41) is 18.4. The molecule has 2 heterocycles. The minimum atomic E-state index is -0.563. The first-order chi connectivity index (χ1) is 11.2. The lowest BCUT2D eigenvalue weighted by atomic mass is 10.1. The van der Waals surface area contributed by atoms with E-state index in [2.05, 4.69) is 10.5 Å². The van der Waals surface area contributed by atoms with E-state index in [-0.39, 0.29) is 11.6 Å². The molecule has 23 heavy (non-hydrogen) atoms. The van der Waals surface area contributed by atoms with Crippen LogP contribution in [0, 0.1) is 0 Å². The zero-order chi connectivity index (χ0) is 16.1. The van der Waals surface area contributed by atoms with Crippen molar-refractivity contribution in [1.29, 1.82) is 0 Å². The van der Waals surface area contributed by atoms with Gasteiger partial charge >= 0.3 is 0 Å². The van der Waals surface area contributed by atoms with E-state index in [9.17, 15) is 9.90 Å². The van der Waals surface area contributed by atoms with Crippen LogP contribution in [0.2, 0.25) is 0 Å². The van der Waals surface area contributed by atoms with Gasteiger partial charge in [-0.05, 0) is 17.9 Å². The Labute approximate surface area is 137 Å². The van der Waals surface area contributed by atoms with Gasteiger partial charge in [-0.25, -0.2) is 0 Å². The smallest absolute Gasteiger partial charge is 0.273 e. The number of carbonyl (C=O) groups is 1. The Kier molecular flexibility index (Phi) is 4.85. The molecule has 0 aliphatic carbocycles. The first-order valence-corrected chi connectivity index (χ1v) is 8.14. The number of nitrogens with zero attached hydrogens (tertiary/aromatic N) is 1. The molecule has 2 aromatic heterocycles. The van der Waals surface area contributed by atoms with Gasteiger partial charge in [0.15, 0.2) is 11.5 Å². The summed E-state index contributed by atoms with van der Waals surface area (Å²) in [4.78, 5) is 12.9. The number of hydrogen-bond acceptors (Lipinski definition) is 5. The third-order valence-electron chi connectivity index (χ3n) is 3.38. The maximum absolute atomic E-state index is 12.0. The molecule has 6 heteroatoms. The van der Waals surface area contributed by atoms with Crippen molar-refractivity contribution in [1.82, 2.24) is 10.5 Å². The topological polar surface area (TPSA) is 75.4 Å². The van der Waals surface area contributed by atoms with Crippen molar-refractivity contribution < 1.29 is 14.4 Å². The lowest BCUT2D eigenvalue weighted by Crippen LogP contribution is -2.25. The molecule has 0 saturated carbocycles. The van der Waals surface area contributed by atoms with Crippen LogP contribution in [-0.4, -0.2) is 22.7 Å². The van der Waals surface area contributed by atoms with E-state index in [0.717, 1.165) is 10.4 Å². The zero-order valence-corrected chi connectivity index (χ0v) is 13.1. The fourth-order valence-corrected chi connectivity index (χ4v) is 2.90. The van der Waals surface area contributed by atoms with Crippen molar-refractivity contribution in [2.45, 2.75) is 12.5 Å². The maximum atomic E-state index is 12.0. The predicted molar refractivity (Wildman–Crippen MR) is 88.2 cm³/mol. The normalized spacial score (nSPS) is 12.0. The summed E-state index contributed by atoms with van der Waals surface area (Å²) in [5.41, 5.74) is 1.10. The van der Waals surface area contributed by atoms with Crippen LogP contribution >= 0.6 is 11.3 Å². The second kappa shape index (κ2) is 7.21. The molecule has 5 nitrogen and oxygen atoms in total. The Morgan fingerprint density at radius 1 is 1.26 bits per heavy atom. The molecule has 3 aromatic rings. The monoisotopic (exact) mass is 328 g/mol. The summed E-state index contributed by atoms with van der Waals surface area (Å²) in [6.07, 6.45) is -0.108. The molecule has 0 fully saturated rings. The Morgan fingerprint density at radius 2 is 2.09 bits per heavy atom. The number of thiophene rings is 1. The Bertz CT molecular complexity index is 753. The van der Waals surface area contributed by atoms with E-state index in [0.29, 0.717) is 18.7 Å². The van der Waals surface area contributed by atoms with Gasteiger partial charge in [-0.3, -0.25) is 4.79 Å². The number of aromatic nitrogens is 1. The first kappa shape index (κ1) is 15.5. The van der Waals surface area contributed by atoms with Crippen molar-refractivity contribution in [3.05, 3.63) is 64.5 Å². The van der Waals surface area contributed by atoms with Gasteiger partial charge in [0.1, 0.15) is 0 Å². The van der Waals surface area contributed by atoms with Gasteiger partial charge in [-0.2, -0.15) is 0 Å². The Morgan fingerprint density at radius 3 is 2.83 bits per heavy atom. The van der Waals surface area contributed by atoms with Crippen LogP contribution in [0.5, 0.6) is 0 Å². The van der Waals surface area contributed by atoms with Gasteiger partial charge in [-0.1, -0.05) is 41.6 Å². The molecule has 2 N–H and O–H groups in total. The molecule has 1 aromatic carbocycles. The van der Waals surface area contributed by atoms with Crippen LogP contribution < -0.4 is 5.32 Å². The average Bonchev–Trinajstić information content (AvgIpc) is 3.27. The molecular formula is C17H16N2O3S. The molecule has 118 valence electrons. The number of amides is 1. The molecule has 0 aliphatic heterocycles. The third-order valence-corrected chi connectivity index (χ3v) is 4.35. The van der Waals surface area contributed by atoms with Crippen LogP contribution in [0.1, 0.15) is 27.9 Å². The summed E-state index contributed by atoms with van der Waals surface area (Å²) in [6.45, 7) is 0.366. The highest BCUT2D eigenvalue weighted by Gasteiger charge is 2.14. The summed E-state index contributed by atoms with van der Waals surface area (Å²) in [6, 6.07) is 14.8. The predicted octanol–water partition coefficient (Wildman–Crippen LogP) is 3.26. The molecule has 0 spiro atoms. The number of hydrogen-bond donors (Lipinski definition) is 2. The molecule has 0 bridgehead atoms. The van der Waals surface area contributed by atoms with Gasteiger partial charge in [-0.15, -0.1) is 11.3 Å². The summed E-state index contributed by atoms with van der Waals surface area (Å²) >= 11 is 1.50. The van der Waals surface area contributed by atoms with E-state index in [4.69, 9.17) is 4.52 Å². The number of carbonyl (C=O) groups excluding carboxylic acids is 1. The third kappa shape index (κ3) is 3.85. The van der Waals surface area contributed by atoms with Gasteiger partial charge in [0.2, 0.25) is 0 Å². The van der Waals surface area contributed by atoms with Crippen LogP contribution in [0.25, 0.3) is 11.3 Å². The SMILES string of the molecule is O=C(NCC[C@H](O)c1cccs1)c1cc(-c2ccccc2)on1. The van der Waals surface area contributed by atoms with Crippen molar-refractivity contribution in [3.8, 4) is 11.3 Å². The molecular weight excluding hydrogens is 312 g/mol. The minimum absolute atomic E-state index is 0.231. The van der Waals surface area contributed by atoms with Crippen LogP contribution in [0.3, 0.4) is 0 Å². The summed E-state index contributed by atoms with van der Waals surface area (Å²) in [7, 11) is 0. The molecule has 1 amide bonds. The van der Waals surface area contributed by atoms with Crippen LogP contribution in [0.15, 0.2) is 58.4 Å². The Hall–Kier alpha value is -2.44. The minimum Gasteiger partial charge on any atom is -0.388 e. The quantitative estimate of drug-likeness (QED) is 0.728. The van der Waals surface area contributed by atoms with Crippen molar-refractivity contribution in [2.24, 2.45) is 0 Å². The number of benzene rings is 1. The largest absolute Gasteiger partial charge is 0.388 e. The number of aliphatic hydroxyl groups excluding tert-OH is 1. The highest BCUT2D eigenvalue weighted by Crippen LogP contribution is 2.21. The summed E-state index contributed by atoms with van der Waals surface area (Å²) < 4.78 is 5.20. The molecule has 0 radical (unpaired) electrons. The van der Waals surface area contributed by atoms with E-state index in [1.165, 1.54) is 11.3 Å². The molecule has 1 atom stereocenters. The van der Waals surface area contributed by atoms with E-state index >= 15 is 0 Å². The molecule has 0 saturated heterocycles. The van der Waals surface area contributed by atoms with Gasteiger partial charge in [0, 0.05) is 23.1 Å². The van der Waals surface area contributed by atoms with Gasteiger partial charge < -0.3 is 14.9 Å². The van der Waals surface area contributed by atoms with Crippen molar-refractivity contribution >= 4 is 17.2 Å². The van der Waals surface area contributed by atoms with Crippen LogP contribution in [-0.2, 0) is 0 Å². The van der Waals surface area contributed by atoms with Crippen molar-refractivity contribution in [2.75, 3.05) is 6.54 Å². The fraction of sp³-hybridized carbons (Fsp3) is 0.176. The maximum Gasteiger partial charge on any atom is 0.273 e. The van der Waals surface area contributed by atoms with E-state index in [1.807, 2.05) is 47.8 Å². The number of nitrogens with one attached hydrogen (secondary N) is 1. The number of aliphatic hydroxyl groups is 1. The van der Waals surface area contributed by atoms with Crippen molar-refractivity contribution in [3.63, 3.8) is 0 Å². The Balaban J connectivity index is 1.54. The fourth-order valence-electron chi connectivity index (χ4n) is 2.16. The molecule has 3 rings (SSSR count). The number of rotatable bonds is 6. The summed E-state index contributed by atoms with van der Waals surface area (Å²) in [5.74, 6) is 0.240. The van der Waals surface area contributed by atoms with E-state index in [1.54, 1.807) is 6.07 Å². The second-order valence-corrected chi connectivity index (χ2v) is 6.00. The van der Waals surface area contributed by atoms with E-state index < -0.39 is 6.10 Å². The average molecular weight is 328 g/mol. The van der Waals surface area contributed by atoms with Crippen LogP contribution in [0.4, 0.5) is 0 Å². The van der Waals surface area contributed by atoms with Gasteiger partial charge in [0.05, 0.1) is 6.10 Å². The molecule has 0 aliphatic rings. The highest BCUT2D eigenvalue weighted by atomic mass is 32.1.